The number of rotatable bonds is 2. The fourth-order valence-electron chi connectivity index (χ4n) is 7.66. The number of fused-ring (bicyclic) bond motifs is 9. The van der Waals surface area contributed by atoms with E-state index in [2.05, 4.69) is 127 Å². The van der Waals surface area contributed by atoms with E-state index in [-0.39, 0.29) is 5.41 Å². The molecule has 0 N–H and O–H groups in total. The zero-order valence-corrected chi connectivity index (χ0v) is 25.0. The molecule has 1 unspecified atom stereocenters. The van der Waals surface area contributed by atoms with E-state index in [9.17, 15) is 0 Å². The lowest BCUT2D eigenvalue weighted by Gasteiger charge is -2.27. The zero-order chi connectivity index (χ0) is 28.2. The summed E-state index contributed by atoms with van der Waals surface area (Å²) in [5.41, 5.74) is 12.5. The van der Waals surface area contributed by atoms with Crippen LogP contribution in [0.1, 0.15) is 37.3 Å². The van der Waals surface area contributed by atoms with E-state index < -0.39 is 0 Å². The molecule has 202 valence electrons. The second-order valence-corrected chi connectivity index (χ2v) is 13.1. The second-order valence-electron chi connectivity index (χ2n) is 12.2. The minimum Gasteiger partial charge on any atom is -0.455 e. The Morgan fingerprint density at radius 3 is 1.95 bits per heavy atom. The van der Waals surface area contributed by atoms with Crippen molar-refractivity contribution in [3.8, 4) is 22.3 Å². The molecule has 3 heteroatoms. The van der Waals surface area contributed by atoms with Gasteiger partial charge in [-0.3, -0.25) is 0 Å². The molecular formula is C39H27BrO2. The van der Waals surface area contributed by atoms with Crippen LogP contribution < -0.4 is 0 Å². The maximum Gasteiger partial charge on any atom is 0.143 e. The number of benzene rings is 5. The van der Waals surface area contributed by atoms with E-state index in [4.69, 9.17) is 8.83 Å². The van der Waals surface area contributed by atoms with Crippen LogP contribution in [0.4, 0.5) is 0 Å². The van der Waals surface area contributed by atoms with Gasteiger partial charge in [0, 0.05) is 48.5 Å². The average Bonchev–Trinajstić information content (AvgIpc) is 3.65. The molecule has 2 aliphatic carbocycles. The van der Waals surface area contributed by atoms with Gasteiger partial charge in [-0.05, 0) is 52.9 Å². The molecule has 0 radical (unpaired) electrons. The van der Waals surface area contributed by atoms with Crippen LogP contribution in [-0.2, 0) is 5.41 Å². The Morgan fingerprint density at radius 2 is 1.26 bits per heavy atom. The molecule has 0 aliphatic heterocycles. The van der Waals surface area contributed by atoms with Gasteiger partial charge in [0.1, 0.15) is 22.3 Å². The molecular weight excluding hydrogens is 580 g/mol. The molecule has 0 spiro atoms. The second kappa shape index (κ2) is 8.59. The summed E-state index contributed by atoms with van der Waals surface area (Å²) >= 11 is 3.79. The molecule has 0 bridgehead atoms. The third-order valence-corrected chi connectivity index (χ3v) is 10.1. The number of hydrogen-bond donors (Lipinski definition) is 0. The van der Waals surface area contributed by atoms with Gasteiger partial charge in [-0.25, -0.2) is 0 Å². The fourth-order valence-corrected chi connectivity index (χ4v) is 8.09. The van der Waals surface area contributed by atoms with Crippen LogP contribution >= 0.6 is 15.9 Å². The predicted molar refractivity (Wildman–Crippen MR) is 177 cm³/mol. The summed E-state index contributed by atoms with van der Waals surface area (Å²) in [6, 6.07) is 34.6. The molecule has 9 rings (SSSR count). The van der Waals surface area contributed by atoms with E-state index in [0.29, 0.717) is 5.92 Å². The topological polar surface area (TPSA) is 26.3 Å². The maximum absolute atomic E-state index is 6.61. The van der Waals surface area contributed by atoms with E-state index in [1.807, 2.05) is 12.1 Å². The molecule has 42 heavy (non-hydrogen) atoms. The summed E-state index contributed by atoms with van der Waals surface area (Å²) in [6.07, 6.45) is 5.64. The molecule has 2 aliphatic rings. The van der Waals surface area contributed by atoms with E-state index in [0.717, 1.165) is 61.4 Å². The highest BCUT2D eigenvalue weighted by Gasteiger charge is 2.44. The SMILES string of the molecule is CC1(C)C2=CC(Br)=CCC2c2cc(-c3cccc4c3oc3ccccc34)cc(-c3cccc4c3oc3ccccc34)c21. The summed E-state index contributed by atoms with van der Waals surface area (Å²) in [5.74, 6) is 0.333. The van der Waals surface area contributed by atoms with Crippen molar-refractivity contribution < 1.29 is 8.83 Å². The third kappa shape index (κ3) is 3.26. The Labute approximate surface area is 252 Å². The molecule has 2 aromatic heterocycles. The van der Waals surface area contributed by atoms with Crippen LogP contribution in [0.2, 0.25) is 0 Å². The standard InChI is InChI=1S/C39H27BrO2/c1-39(2)33-21-23(40)17-18-25(33)31-19-22(24-11-7-12-28-26-9-3-5-15-34(26)41-37(24)28)20-32(36(31)39)30-14-8-13-29-27-10-4-6-16-35(27)42-38(29)30/h3-17,19-21,25H,18H2,1-2H3. The lowest BCUT2D eigenvalue weighted by atomic mass is 9.76. The summed E-state index contributed by atoms with van der Waals surface area (Å²) in [5, 5.41) is 4.60. The first-order valence-electron chi connectivity index (χ1n) is 14.6. The lowest BCUT2D eigenvalue weighted by molar-refractivity contribution is 0.613. The third-order valence-electron chi connectivity index (χ3n) is 9.52. The smallest absolute Gasteiger partial charge is 0.143 e. The van der Waals surface area contributed by atoms with Gasteiger partial charge in [-0.2, -0.15) is 0 Å². The van der Waals surface area contributed by atoms with Gasteiger partial charge in [-0.1, -0.05) is 120 Å². The molecule has 0 fully saturated rings. The highest BCUT2D eigenvalue weighted by atomic mass is 79.9. The first kappa shape index (κ1) is 24.3. The molecule has 5 aromatic carbocycles. The molecule has 7 aromatic rings. The van der Waals surface area contributed by atoms with E-state index >= 15 is 0 Å². The van der Waals surface area contributed by atoms with Crippen LogP contribution in [-0.4, -0.2) is 0 Å². The van der Waals surface area contributed by atoms with Crippen molar-refractivity contribution >= 4 is 59.8 Å². The highest BCUT2D eigenvalue weighted by molar-refractivity contribution is 9.11. The number of halogens is 1. The van der Waals surface area contributed by atoms with Crippen molar-refractivity contribution in [3.05, 3.63) is 130 Å². The minimum atomic E-state index is -0.138. The van der Waals surface area contributed by atoms with Crippen molar-refractivity contribution in [2.45, 2.75) is 31.6 Å². The predicted octanol–water partition coefficient (Wildman–Crippen LogP) is 11.8. The van der Waals surface area contributed by atoms with Crippen LogP contribution in [0.3, 0.4) is 0 Å². The Bertz CT molecular complexity index is 2320. The van der Waals surface area contributed by atoms with Crippen LogP contribution in [0.15, 0.2) is 128 Å². The first-order valence-corrected chi connectivity index (χ1v) is 15.4. The minimum absolute atomic E-state index is 0.138. The summed E-state index contributed by atoms with van der Waals surface area (Å²) in [4.78, 5) is 0. The highest BCUT2D eigenvalue weighted by Crippen LogP contribution is 2.58. The Kier molecular flexibility index (Phi) is 4.97. The quantitative estimate of drug-likeness (QED) is 0.195. The summed E-state index contributed by atoms with van der Waals surface area (Å²) < 4.78 is 14.3. The van der Waals surface area contributed by atoms with Gasteiger partial charge in [-0.15, -0.1) is 0 Å². The number of hydrogen-bond acceptors (Lipinski definition) is 2. The Morgan fingerprint density at radius 1 is 0.667 bits per heavy atom. The maximum atomic E-state index is 6.61. The van der Waals surface area contributed by atoms with Crippen LogP contribution in [0.5, 0.6) is 0 Å². The van der Waals surface area contributed by atoms with Crippen LogP contribution in [0.25, 0.3) is 66.1 Å². The number of allylic oxidation sites excluding steroid dienone is 4. The molecule has 0 saturated heterocycles. The fraction of sp³-hybridized carbons (Fsp3) is 0.128. The molecule has 2 heterocycles. The lowest BCUT2D eigenvalue weighted by Crippen LogP contribution is -2.18. The van der Waals surface area contributed by atoms with Crippen molar-refractivity contribution in [1.29, 1.82) is 0 Å². The molecule has 2 nitrogen and oxygen atoms in total. The monoisotopic (exact) mass is 606 g/mol. The van der Waals surface area contributed by atoms with Gasteiger partial charge in [0.2, 0.25) is 0 Å². The van der Waals surface area contributed by atoms with Crippen molar-refractivity contribution in [1.82, 2.24) is 0 Å². The van der Waals surface area contributed by atoms with Gasteiger partial charge in [0.05, 0.1) is 0 Å². The zero-order valence-electron chi connectivity index (χ0n) is 23.4. The first-order chi connectivity index (χ1) is 20.5. The van der Waals surface area contributed by atoms with Crippen molar-refractivity contribution in [2.24, 2.45) is 0 Å². The summed E-state index contributed by atoms with van der Waals surface area (Å²) in [6.45, 7) is 4.76. The van der Waals surface area contributed by atoms with E-state index in [1.165, 1.54) is 32.3 Å². The molecule has 0 saturated carbocycles. The largest absolute Gasteiger partial charge is 0.455 e. The number of para-hydroxylation sites is 4. The Balaban J connectivity index is 1.39. The molecule has 0 amide bonds. The van der Waals surface area contributed by atoms with E-state index in [1.54, 1.807) is 0 Å². The normalized spacial score (nSPS) is 17.5. The van der Waals surface area contributed by atoms with Gasteiger partial charge < -0.3 is 8.83 Å². The number of furan rings is 2. The Hall–Kier alpha value is -4.34. The van der Waals surface area contributed by atoms with Gasteiger partial charge >= 0.3 is 0 Å². The van der Waals surface area contributed by atoms with Crippen LogP contribution in [0, 0.1) is 0 Å². The summed E-state index contributed by atoms with van der Waals surface area (Å²) in [7, 11) is 0. The van der Waals surface area contributed by atoms with Gasteiger partial charge in [0.15, 0.2) is 0 Å². The van der Waals surface area contributed by atoms with Crippen molar-refractivity contribution in [2.75, 3.05) is 0 Å². The average molecular weight is 608 g/mol. The van der Waals surface area contributed by atoms with Crippen molar-refractivity contribution in [3.63, 3.8) is 0 Å². The van der Waals surface area contributed by atoms with Gasteiger partial charge in [0.25, 0.3) is 0 Å². The molecule has 1 atom stereocenters.